The minimum absolute atomic E-state index is 0.439. The molecule has 0 fully saturated rings. The maximum absolute atomic E-state index is 12.2. The third kappa shape index (κ3) is 1.65. The highest BCUT2D eigenvalue weighted by Crippen LogP contribution is 2.44. The lowest BCUT2D eigenvalue weighted by Gasteiger charge is -2.40. The van der Waals surface area contributed by atoms with E-state index in [1.54, 1.807) is 31.3 Å². The van der Waals surface area contributed by atoms with Gasteiger partial charge in [-0.2, -0.15) is 0 Å². The second-order valence-electron chi connectivity index (χ2n) is 4.73. The summed E-state index contributed by atoms with van der Waals surface area (Å²) < 4.78 is 0. The number of hydrogen-bond acceptors (Lipinski definition) is 4. The first kappa shape index (κ1) is 12.5. The van der Waals surface area contributed by atoms with Crippen LogP contribution in [-0.4, -0.2) is 29.5 Å². The molecule has 6 heteroatoms. The van der Waals surface area contributed by atoms with E-state index in [9.17, 15) is 20.0 Å². The average molecular weight is 250 g/mol. The van der Waals surface area contributed by atoms with Crippen molar-refractivity contribution in [2.75, 3.05) is 18.5 Å². The molecule has 2 unspecified atom stereocenters. The lowest BCUT2D eigenvalue weighted by atomic mass is 9.76. The average Bonchev–Trinajstić information content (AvgIpc) is 2.33. The van der Waals surface area contributed by atoms with E-state index in [4.69, 9.17) is 0 Å². The third-order valence-corrected chi connectivity index (χ3v) is 3.45. The van der Waals surface area contributed by atoms with E-state index in [0.717, 1.165) is 0 Å². The normalized spacial score (nSPS) is 26.9. The molecule has 1 aliphatic rings. The SMILES string of the molecule is CN1C(=O)C(C)(C[N+](=O)[O-])C(O)c2ccccc21. The molecule has 0 spiro atoms. The number of carbonyl (C=O) groups excluding carboxylic acids is 1. The molecule has 2 atom stereocenters. The number of aliphatic hydroxyl groups is 1. The van der Waals surface area contributed by atoms with Crippen LogP contribution < -0.4 is 4.90 Å². The van der Waals surface area contributed by atoms with Crippen molar-refractivity contribution in [3.05, 3.63) is 39.9 Å². The molecular formula is C12H14N2O4. The number of carbonyl (C=O) groups is 1. The van der Waals surface area contributed by atoms with Gasteiger partial charge in [-0.15, -0.1) is 0 Å². The molecule has 1 aliphatic heterocycles. The molecule has 0 aromatic heterocycles. The zero-order valence-electron chi connectivity index (χ0n) is 10.2. The van der Waals surface area contributed by atoms with Crippen LogP contribution >= 0.6 is 0 Å². The number of aliphatic hydroxyl groups excluding tert-OH is 1. The van der Waals surface area contributed by atoms with Crippen molar-refractivity contribution in [3.8, 4) is 0 Å². The van der Waals surface area contributed by atoms with Crippen molar-refractivity contribution < 1.29 is 14.8 Å². The Bertz CT molecular complexity index is 517. The van der Waals surface area contributed by atoms with Gasteiger partial charge in [0.25, 0.3) is 0 Å². The molecular weight excluding hydrogens is 236 g/mol. The Hall–Kier alpha value is -1.95. The van der Waals surface area contributed by atoms with Gasteiger partial charge in [0.2, 0.25) is 12.5 Å². The standard InChI is InChI=1S/C12H14N2O4/c1-12(7-14(17)18)10(15)8-5-3-4-6-9(8)13(2)11(12)16/h3-6,10,15H,7H2,1-2H3. The molecule has 6 nitrogen and oxygen atoms in total. The number of nitrogens with zero attached hydrogens (tertiary/aromatic N) is 2. The van der Waals surface area contributed by atoms with Gasteiger partial charge in [0.1, 0.15) is 11.5 Å². The molecule has 0 radical (unpaired) electrons. The summed E-state index contributed by atoms with van der Waals surface area (Å²) in [6.07, 6.45) is -1.16. The van der Waals surface area contributed by atoms with Crippen LogP contribution in [-0.2, 0) is 4.79 Å². The molecule has 1 N–H and O–H groups in total. The summed E-state index contributed by atoms with van der Waals surface area (Å²) in [6, 6.07) is 6.88. The molecule has 2 rings (SSSR count). The molecule has 0 saturated carbocycles. The summed E-state index contributed by atoms with van der Waals surface area (Å²) in [7, 11) is 1.56. The van der Waals surface area contributed by atoms with E-state index < -0.39 is 28.9 Å². The zero-order chi connectivity index (χ0) is 13.5. The molecule has 1 heterocycles. The number of nitro groups is 1. The smallest absolute Gasteiger partial charge is 0.242 e. The van der Waals surface area contributed by atoms with Crippen LogP contribution in [0.1, 0.15) is 18.6 Å². The summed E-state index contributed by atoms with van der Waals surface area (Å²) in [5, 5.41) is 21.0. The van der Waals surface area contributed by atoms with Crippen LogP contribution in [0.4, 0.5) is 5.69 Å². The lowest BCUT2D eigenvalue weighted by molar-refractivity contribution is -0.496. The predicted molar refractivity (Wildman–Crippen MR) is 64.8 cm³/mol. The van der Waals surface area contributed by atoms with E-state index in [-0.39, 0.29) is 0 Å². The van der Waals surface area contributed by atoms with Crippen molar-refractivity contribution in [3.63, 3.8) is 0 Å². The molecule has 96 valence electrons. The van der Waals surface area contributed by atoms with Crippen LogP contribution in [0, 0.1) is 15.5 Å². The third-order valence-electron chi connectivity index (χ3n) is 3.45. The van der Waals surface area contributed by atoms with E-state index in [0.29, 0.717) is 11.3 Å². The van der Waals surface area contributed by atoms with Crippen LogP contribution in [0.5, 0.6) is 0 Å². The molecule has 0 bridgehead atoms. The van der Waals surface area contributed by atoms with Gasteiger partial charge in [0.15, 0.2) is 0 Å². The number of rotatable bonds is 2. The van der Waals surface area contributed by atoms with Crippen molar-refractivity contribution in [1.82, 2.24) is 0 Å². The van der Waals surface area contributed by atoms with Gasteiger partial charge in [-0.25, -0.2) is 0 Å². The Balaban J connectivity index is 2.55. The zero-order valence-corrected chi connectivity index (χ0v) is 10.2. The summed E-state index contributed by atoms with van der Waals surface area (Å²) in [6.45, 7) is 0.834. The Morgan fingerprint density at radius 1 is 1.50 bits per heavy atom. The maximum atomic E-state index is 12.2. The number of para-hydroxylation sites is 1. The van der Waals surface area contributed by atoms with E-state index >= 15 is 0 Å². The fourth-order valence-corrected chi connectivity index (χ4v) is 2.40. The monoisotopic (exact) mass is 250 g/mol. The quantitative estimate of drug-likeness (QED) is 0.626. The Kier molecular flexibility index (Phi) is 2.82. The predicted octanol–water partition coefficient (Wildman–Crippen LogP) is 0.979. The maximum Gasteiger partial charge on any atom is 0.242 e. The lowest BCUT2D eigenvalue weighted by Crippen LogP contribution is -2.51. The van der Waals surface area contributed by atoms with Crippen LogP contribution in [0.3, 0.4) is 0 Å². The number of benzene rings is 1. The highest BCUT2D eigenvalue weighted by atomic mass is 16.6. The Labute approximate surface area is 104 Å². The molecule has 0 aliphatic carbocycles. The Morgan fingerprint density at radius 2 is 2.11 bits per heavy atom. The number of anilines is 1. The van der Waals surface area contributed by atoms with E-state index in [1.807, 2.05) is 0 Å². The van der Waals surface area contributed by atoms with Crippen LogP contribution in [0.2, 0.25) is 0 Å². The molecule has 18 heavy (non-hydrogen) atoms. The summed E-state index contributed by atoms with van der Waals surface area (Å²) in [4.78, 5) is 23.7. The second-order valence-corrected chi connectivity index (χ2v) is 4.73. The van der Waals surface area contributed by atoms with Gasteiger partial charge >= 0.3 is 0 Å². The molecule has 1 aromatic rings. The topological polar surface area (TPSA) is 83.7 Å². The fraction of sp³-hybridized carbons (Fsp3) is 0.417. The molecule has 1 amide bonds. The van der Waals surface area contributed by atoms with E-state index in [1.165, 1.54) is 11.8 Å². The fourth-order valence-electron chi connectivity index (χ4n) is 2.40. The van der Waals surface area contributed by atoms with Crippen molar-refractivity contribution in [2.24, 2.45) is 5.41 Å². The van der Waals surface area contributed by atoms with Gasteiger partial charge < -0.3 is 10.0 Å². The molecule has 0 saturated heterocycles. The minimum atomic E-state index is -1.42. The van der Waals surface area contributed by atoms with E-state index in [2.05, 4.69) is 0 Å². The first-order chi connectivity index (χ1) is 8.38. The summed E-state index contributed by atoms with van der Waals surface area (Å²) >= 11 is 0. The number of amides is 1. The van der Waals surface area contributed by atoms with Crippen LogP contribution in [0.15, 0.2) is 24.3 Å². The summed E-state index contributed by atoms with van der Waals surface area (Å²) in [5.41, 5.74) is -0.285. The van der Waals surface area contributed by atoms with Gasteiger partial charge in [-0.05, 0) is 13.0 Å². The second kappa shape index (κ2) is 4.06. The van der Waals surface area contributed by atoms with Crippen molar-refractivity contribution >= 4 is 11.6 Å². The number of fused-ring (bicyclic) bond motifs is 1. The first-order valence-corrected chi connectivity index (χ1v) is 5.55. The minimum Gasteiger partial charge on any atom is -0.387 e. The van der Waals surface area contributed by atoms with Crippen molar-refractivity contribution in [1.29, 1.82) is 0 Å². The van der Waals surface area contributed by atoms with Gasteiger partial charge in [-0.1, -0.05) is 18.2 Å². The number of hydrogen-bond donors (Lipinski definition) is 1. The van der Waals surface area contributed by atoms with Crippen LogP contribution in [0.25, 0.3) is 0 Å². The van der Waals surface area contributed by atoms with Gasteiger partial charge in [-0.3, -0.25) is 14.9 Å². The summed E-state index contributed by atoms with van der Waals surface area (Å²) in [5.74, 6) is -0.439. The Morgan fingerprint density at radius 3 is 2.72 bits per heavy atom. The highest BCUT2D eigenvalue weighted by molar-refractivity contribution is 6.00. The largest absolute Gasteiger partial charge is 0.387 e. The highest BCUT2D eigenvalue weighted by Gasteiger charge is 2.51. The first-order valence-electron chi connectivity index (χ1n) is 5.55. The van der Waals surface area contributed by atoms with Gasteiger partial charge in [0.05, 0.1) is 0 Å². The molecule has 1 aromatic carbocycles. The van der Waals surface area contributed by atoms with Gasteiger partial charge in [0, 0.05) is 23.2 Å². The van der Waals surface area contributed by atoms with Crippen molar-refractivity contribution in [2.45, 2.75) is 13.0 Å².